The van der Waals surface area contributed by atoms with Gasteiger partial charge in [-0.1, -0.05) is 30.3 Å². The van der Waals surface area contributed by atoms with Gasteiger partial charge in [0.2, 0.25) is 5.91 Å². The van der Waals surface area contributed by atoms with Crippen LogP contribution >= 0.6 is 0 Å². The Balaban J connectivity index is 1.90. The molecule has 0 aromatic heterocycles. The predicted molar refractivity (Wildman–Crippen MR) is 84.3 cm³/mol. The lowest BCUT2D eigenvalue weighted by atomic mass is 10.2. The van der Waals surface area contributed by atoms with Gasteiger partial charge in [0, 0.05) is 5.69 Å². The van der Waals surface area contributed by atoms with E-state index in [0.29, 0.717) is 9.99 Å². The Morgan fingerprint density at radius 2 is 1.65 bits per heavy atom. The Labute approximate surface area is 133 Å². The lowest BCUT2D eigenvalue weighted by Crippen LogP contribution is -2.45. The Kier molecular flexibility index (Phi) is 3.65. The van der Waals surface area contributed by atoms with E-state index in [9.17, 15) is 18.0 Å². The summed E-state index contributed by atoms with van der Waals surface area (Å²) >= 11 is 0. The summed E-state index contributed by atoms with van der Waals surface area (Å²) in [6.45, 7) is 1.39. The van der Waals surface area contributed by atoms with E-state index in [1.54, 1.807) is 42.5 Å². The number of rotatable bonds is 3. The second kappa shape index (κ2) is 5.51. The first-order chi connectivity index (χ1) is 10.9. The van der Waals surface area contributed by atoms with Crippen molar-refractivity contribution in [3.63, 3.8) is 0 Å². The van der Waals surface area contributed by atoms with Gasteiger partial charge in [0.1, 0.15) is 10.9 Å². The summed E-state index contributed by atoms with van der Waals surface area (Å²) in [5, 5.41) is 2.61. The van der Waals surface area contributed by atoms with Crippen molar-refractivity contribution in [3.8, 4) is 0 Å². The summed E-state index contributed by atoms with van der Waals surface area (Å²) in [6.07, 6.45) is 0. The van der Waals surface area contributed by atoms with Gasteiger partial charge in [-0.25, -0.2) is 12.7 Å². The average Bonchev–Trinajstić information content (AvgIpc) is 2.75. The number of hydrogen-bond acceptors (Lipinski definition) is 4. The van der Waals surface area contributed by atoms with Gasteiger partial charge in [-0.2, -0.15) is 0 Å². The quantitative estimate of drug-likeness (QED) is 0.931. The summed E-state index contributed by atoms with van der Waals surface area (Å²) < 4.78 is 25.7. The monoisotopic (exact) mass is 330 g/mol. The van der Waals surface area contributed by atoms with E-state index in [1.807, 2.05) is 0 Å². The van der Waals surface area contributed by atoms with Crippen LogP contribution in [0.25, 0.3) is 0 Å². The molecule has 1 heterocycles. The van der Waals surface area contributed by atoms with Crippen molar-refractivity contribution >= 4 is 27.5 Å². The normalized spacial score (nSPS) is 16.7. The molecule has 7 heteroatoms. The number of hydrogen-bond donors (Lipinski definition) is 1. The van der Waals surface area contributed by atoms with E-state index in [4.69, 9.17) is 0 Å². The minimum atomic E-state index is -4.01. The van der Waals surface area contributed by atoms with E-state index in [0.717, 1.165) is 0 Å². The van der Waals surface area contributed by atoms with Crippen LogP contribution in [0.4, 0.5) is 5.69 Å². The molecule has 0 bridgehead atoms. The zero-order chi connectivity index (χ0) is 16.6. The molecule has 0 saturated carbocycles. The Morgan fingerprint density at radius 1 is 1.04 bits per heavy atom. The molecule has 1 atom stereocenters. The van der Waals surface area contributed by atoms with Gasteiger partial charge in [0.25, 0.3) is 15.9 Å². The predicted octanol–water partition coefficient (Wildman–Crippen LogP) is 1.86. The summed E-state index contributed by atoms with van der Waals surface area (Å²) in [4.78, 5) is 24.6. The average molecular weight is 330 g/mol. The van der Waals surface area contributed by atoms with Crippen LogP contribution < -0.4 is 5.32 Å². The smallest absolute Gasteiger partial charge is 0.269 e. The molecule has 2 aromatic carbocycles. The van der Waals surface area contributed by atoms with E-state index in [-0.39, 0.29) is 10.5 Å². The fourth-order valence-electron chi connectivity index (χ4n) is 2.46. The summed E-state index contributed by atoms with van der Waals surface area (Å²) in [5.74, 6) is -1.25. The van der Waals surface area contributed by atoms with Crippen LogP contribution in [0.15, 0.2) is 59.5 Å². The highest BCUT2D eigenvalue weighted by Gasteiger charge is 2.45. The van der Waals surface area contributed by atoms with Crippen LogP contribution in [-0.4, -0.2) is 30.6 Å². The highest BCUT2D eigenvalue weighted by Crippen LogP contribution is 2.31. The zero-order valence-corrected chi connectivity index (χ0v) is 13.1. The van der Waals surface area contributed by atoms with Crippen molar-refractivity contribution in [1.29, 1.82) is 0 Å². The highest BCUT2D eigenvalue weighted by molar-refractivity contribution is 7.90. The lowest BCUT2D eigenvalue weighted by Gasteiger charge is -2.22. The van der Waals surface area contributed by atoms with Crippen molar-refractivity contribution < 1.29 is 18.0 Å². The number of carbonyl (C=O) groups is 2. The number of nitrogens with one attached hydrogen (secondary N) is 1. The second-order valence-electron chi connectivity index (χ2n) is 5.13. The molecular weight excluding hydrogens is 316 g/mol. The molecule has 2 aromatic rings. The molecule has 1 aliphatic rings. The first-order valence-electron chi connectivity index (χ1n) is 6.96. The number of anilines is 1. The first-order valence-corrected chi connectivity index (χ1v) is 8.40. The van der Waals surface area contributed by atoms with Gasteiger partial charge in [-0.3, -0.25) is 9.59 Å². The third kappa shape index (κ3) is 2.49. The third-order valence-electron chi connectivity index (χ3n) is 3.63. The largest absolute Gasteiger partial charge is 0.324 e. The zero-order valence-electron chi connectivity index (χ0n) is 12.3. The highest BCUT2D eigenvalue weighted by atomic mass is 32.2. The van der Waals surface area contributed by atoms with E-state index < -0.39 is 27.9 Å². The minimum Gasteiger partial charge on any atom is -0.324 e. The van der Waals surface area contributed by atoms with Crippen molar-refractivity contribution in [3.05, 3.63) is 60.2 Å². The SMILES string of the molecule is CC(C(=O)Nc1ccccc1)N1C(=O)c2ccccc2S1(=O)=O. The van der Waals surface area contributed by atoms with Gasteiger partial charge in [-0.05, 0) is 31.2 Å². The van der Waals surface area contributed by atoms with Gasteiger partial charge in [0.05, 0.1) is 5.56 Å². The molecule has 1 unspecified atom stereocenters. The summed E-state index contributed by atoms with van der Waals surface area (Å²) in [6, 6.07) is 13.4. The second-order valence-corrected chi connectivity index (χ2v) is 6.92. The Morgan fingerprint density at radius 3 is 2.30 bits per heavy atom. The van der Waals surface area contributed by atoms with Crippen LogP contribution in [0, 0.1) is 0 Å². The molecule has 2 amide bonds. The van der Waals surface area contributed by atoms with E-state index >= 15 is 0 Å². The number of sulfonamides is 1. The molecule has 1 aliphatic heterocycles. The van der Waals surface area contributed by atoms with Gasteiger partial charge in [0.15, 0.2) is 0 Å². The van der Waals surface area contributed by atoms with Crippen molar-refractivity contribution in [1.82, 2.24) is 4.31 Å². The van der Waals surface area contributed by atoms with E-state index in [1.165, 1.54) is 19.1 Å². The maximum absolute atomic E-state index is 12.5. The number of carbonyl (C=O) groups excluding carboxylic acids is 2. The standard InChI is InChI=1S/C16H14N2O4S/c1-11(15(19)17-12-7-3-2-4-8-12)18-16(20)13-9-5-6-10-14(13)23(18,21)22/h2-11H,1H3,(H,17,19). The molecule has 0 radical (unpaired) electrons. The summed E-state index contributed by atoms with van der Waals surface area (Å²) in [7, 11) is -4.01. The molecular formula is C16H14N2O4S. The lowest BCUT2D eigenvalue weighted by molar-refractivity contribution is -0.118. The van der Waals surface area contributed by atoms with Gasteiger partial charge in [-0.15, -0.1) is 0 Å². The molecule has 0 fully saturated rings. The number of fused-ring (bicyclic) bond motifs is 1. The van der Waals surface area contributed by atoms with E-state index in [2.05, 4.69) is 5.32 Å². The fourth-order valence-corrected chi connectivity index (χ4v) is 4.19. The maximum Gasteiger partial charge on any atom is 0.269 e. The topological polar surface area (TPSA) is 83.6 Å². The fraction of sp³-hybridized carbons (Fsp3) is 0.125. The van der Waals surface area contributed by atoms with Crippen LogP contribution in [-0.2, 0) is 14.8 Å². The first kappa shape index (κ1) is 15.2. The molecule has 3 rings (SSSR count). The molecule has 0 spiro atoms. The molecule has 23 heavy (non-hydrogen) atoms. The van der Waals surface area contributed by atoms with Gasteiger partial charge < -0.3 is 5.32 Å². The number of para-hydroxylation sites is 1. The van der Waals surface area contributed by atoms with Crippen molar-refractivity contribution in [2.24, 2.45) is 0 Å². The number of nitrogens with zero attached hydrogens (tertiary/aromatic N) is 1. The van der Waals surface area contributed by atoms with Crippen LogP contribution in [0.2, 0.25) is 0 Å². The van der Waals surface area contributed by atoms with Crippen LogP contribution in [0.3, 0.4) is 0 Å². The minimum absolute atomic E-state index is 0.0654. The van der Waals surface area contributed by atoms with Crippen molar-refractivity contribution in [2.45, 2.75) is 17.9 Å². The molecule has 0 saturated heterocycles. The number of benzene rings is 2. The number of amides is 2. The molecule has 6 nitrogen and oxygen atoms in total. The Bertz CT molecular complexity index is 878. The summed E-state index contributed by atoms with van der Waals surface area (Å²) in [5.41, 5.74) is 0.623. The Hall–Kier alpha value is -2.67. The molecule has 118 valence electrons. The van der Waals surface area contributed by atoms with Crippen molar-refractivity contribution in [2.75, 3.05) is 5.32 Å². The van der Waals surface area contributed by atoms with Crippen LogP contribution in [0.1, 0.15) is 17.3 Å². The van der Waals surface area contributed by atoms with Crippen LogP contribution in [0.5, 0.6) is 0 Å². The third-order valence-corrected chi connectivity index (χ3v) is 5.54. The van der Waals surface area contributed by atoms with Gasteiger partial charge >= 0.3 is 0 Å². The molecule has 1 N–H and O–H groups in total. The molecule has 0 aliphatic carbocycles. The maximum atomic E-state index is 12.5.